The smallest absolute Gasteiger partial charge is 0.238 e. The summed E-state index contributed by atoms with van der Waals surface area (Å²) in [6, 6.07) is 8.13. The highest BCUT2D eigenvalue weighted by Gasteiger charge is 2.34. The topological polar surface area (TPSA) is 90.3 Å². The maximum Gasteiger partial charge on any atom is 0.238 e. The van der Waals surface area contributed by atoms with Crippen LogP contribution in [-0.4, -0.2) is 37.5 Å². The molecular weight excluding hydrogens is 314 g/mol. The summed E-state index contributed by atoms with van der Waals surface area (Å²) in [4.78, 5) is 12.5. The van der Waals surface area contributed by atoms with Crippen molar-refractivity contribution in [2.75, 3.05) is 12.8 Å². The van der Waals surface area contributed by atoms with E-state index in [2.05, 4.69) is 5.32 Å². The van der Waals surface area contributed by atoms with E-state index in [0.717, 1.165) is 24.7 Å². The molecule has 1 saturated heterocycles. The van der Waals surface area contributed by atoms with E-state index in [1.807, 2.05) is 13.0 Å². The summed E-state index contributed by atoms with van der Waals surface area (Å²) < 4.78 is 25.0. The predicted molar refractivity (Wildman–Crippen MR) is 86.9 cm³/mol. The van der Waals surface area contributed by atoms with Crippen LogP contribution < -0.4 is 5.32 Å². The molecule has 6 nitrogen and oxygen atoms in total. The molecule has 0 saturated carbocycles. The Balaban J connectivity index is 2.08. The zero-order valence-electron chi connectivity index (χ0n) is 13.3. The minimum atomic E-state index is -3.39. The molecule has 1 N–H and O–H groups in total. The fourth-order valence-corrected chi connectivity index (χ4v) is 3.93. The van der Waals surface area contributed by atoms with Crippen LogP contribution >= 0.6 is 0 Å². The Kier molecular flexibility index (Phi) is 5.39. The van der Waals surface area contributed by atoms with Crippen molar-refractivity contribution >= 4 is 15.9 Å². The van der Waals surface area contributed by atoms with E-state index in [-0.39, 0.29) is 11.9 Å². The Labute approximate surface area is 137 Å². The molecule has 0 radical (unpaired) electrons. The third-order valence-corrected chi connectivity index (χ3v) is 5.37. The van der Waals surface area contributed by atoms with Gasteiger partial charge in [-0.2, -0.15) is 9.57 Å². The first-order valence-corrected chi connectivity index (χ1v) is 9.45. The SMILES string of the molecule is CC(NC(=O)C1CCCCN1S(C)(=O)=O)c1ccc(C#N)cc1. The fourth-order valence-electron chi connectivity index (χ4n) is 2.80. The molecule has 1 aliphatic rings. The fraction of sp³-hybridized carbons (Fsp3) is 0.500. The highest BCUT2D eigenvalue weighted by Crippen LogP contribution is 2.21. The number of piperidine rings is 1. The molecular formula is C16H21N3O3S. The lowest BCUT2D eigenvalue weighted by Crippen LogP contribution is -2.51. The Hall–Kier alpha value is -1.91. The van der Waals surface area contributed by atoms with Crippen LogP contribution in [0.25, 0.3) is 0 Å². The molecule has 0 aliphatic carbocycles. The average Bonchev–Trinajstić information content (AvgIpc) is 2.54. The van der Waals surface area contributed by atoms with Crippen LogP contribution in [0.15, 0.2) is 24.3 Å². The number of nitrogens with one attached hydrogen (secondary N) is 1. The average molecular weight is 335 g/mol. The number of nitriles is 1. The van der Waals surface area contributed by atoms with Crippen LogP contribution in [0.2, 0.25) is 0 Å². The van der Waals surface area contributed by atoms with Crippen molar-refractivity contribution in [2.45, 2.75) is 38.3 Å². The number of nitrogens with zero attached hydrogens (tertiary/aromatic N) is 2. The van der Waals surface area contributed by atoms with Gasteiger partial charge in [0.25, 0.3) is 0 Å². The highest BCUT2D eigenvalue weighted by molar-refractivity contribution is 7.88. The van der Waals surface area contributed by atoms with Crippen molar-refractivity contribution in [3.63, 3.8) is 0 Å². The van der Waals surface area contributed by atoms with Crippen LogP contribution in [0.3, 0.4) is 0 Å². The molecule has 23 heavy (non-hydrogen) atoms. The maximum atomic E-state index is 12.5. The normalized spacial score (nSPS) is 20.5. The van der Waals surface area contributed by atoms with Crippen molar-refractivity contribution in [3.8, 4) is 6.07 Å². The minimum Gasteiger partial charge on any atom is -0.348 e. The monoisotopic (exact) mass is 335 g/mol. The molecule has 0 bridgehead atoms. The largest absolute Gasteiger partial charge is 0.348 e. The minimum absolute atomic E-state index is 0.251. The Morgan fingerprint density at radius 1 is 1.35 bits per heavy atom. The second-order valence-electron chi connectivity index (χ2n) is 5.85. The van der Waals surface area contributed by atoms with Crippen LogP contribution in [0, 0.1) is 11.3 Å². The number of carbonyl (C=O) groups excluding carboxylic acids is 1. The predicted octanol–water partition coefficient (Wildman–Crippen LogP) is 1.55. The molecule has 2 rings (SSSR count). The molecule has 0 aromatic heterocycles. The molecule has 1 amide bonds. The van der Waals surface area contributed by atoms with Gasteiger partial charge in [-0.25, -0.2) is 8.42 Å². The quantitative estimate of drug-likeness (QED) is 0.904. The van der Waals surface area contributed by atoms with Gasteiger partial charge in [0.05, 0.1) is 23.9 Å². The standard InChI is InChI=1S/C16H21N3O3S/c1-12(14-8-6-13(11-17)7-9-14)18-16(20)15-5-3-4-10-19(15)23(2,21)22/h6-9,12,15H,3-5,10H2,1-2H3,(H,18,20). The number of benzene rings is 1. The lowest BCUT2D eigenvalue weighted by Gasteiger charge is -2.33. The molecule has 1 aromatic carbocycles. The third-order valence-electron chi connectivity index (χ3n) is 4.08. The number of amides is 1. The zero-order valence-corrected chi connectivity index (χ0v) is 14.1. The van der Waals surface area contributed by atoms with Crippen LogP contribution in [-0.2, 0) is 14.8 Å². The van der Waals surface area contributed by atoms with Crippen LogP contribution in [0.5, 0.6) is 0 Å². The lowest BCUT2D eigenvalue weighted by molar-refractivity contribution is -0.126. The molecule has 1 heterocycles. The van der Waals surface area contributed by atoms with Crippen molar-refractivity contribution in [2.24, 2.45) is 0 Å². The zero-order chi connectivity index (χ0) is 17.0. The van der Waals surface area contributed by atoms with Gasteiger partial charge in [0, 0.05) is 6.54 Å². The van der Waals surface area contributed by atoms with Gasteiger partial charge in [0.1, 0.15) is 6.04 Å². The third kappa shape index (κ3) is 4.30. The van der Waals surface area contributed by atoms with Crippen LogP contribution in [0.4, 0.5) is 0 Å². The molecule has 1 aliphatic heterocycles. The number of sulfonamides is 1. The Morgan fingerprint density at radius 2 is 2.00 bits per heavy atom. The van der Waals surface area contributed by atoms with Gasteiger partial charge < -0.3 is 5.32 Å². The van der Waals surface area contributed by atoms with Gasteiger partial charge in [0.2, 0.25) is 15.9 Å². The van der Waals surface area contributed by atoms with E-state index in [4.69, 9.17) is 5.26 Å². The van der Waals surface area contributed by atoms with Gasteiger partial charge >= 0.3 is 0 Å². The molecule has 1 aromatic rings. The number of hydrogen-bond donors (Lipinski definition) is 1. The Bertz CT molecular complexity index is 707. The van der Waals surface area contributed by atoms with Gasteiger partial charge in [-0.05, 0) is 37.5 Å². The summed E-state index contributed by atoms with van der Waals surface area (Å²) in [6.45, 7) is 2.23. The molecule has 0 spiro atoms. The number of rotatable bonds is 4. The summed E-state index contributed by atoms with van der Waals surface area (Å²) in [7, 11) is -3.39. The second-order valence-corrected chi connectivity index (χ2v) is 7.78. The van der Waals surface area contributed by atoms with Crippen molar-refractivity contribution in [3.05, 3.63) is 35.4 Å². The molecule has 124 valence electrons. The highest BCUT2D eigenvalue weighted by atomic mass is 32.2. The first-order valence-electron chi connectivity index (χ1n) is 7.60. The summed E-state index contributed by atoms with van der Waals surface area (Å²) in [5.74, 6) is -0.271. The van der Waals surface area contributed by atoms with Crippen LogP contribution in [0.1, 0.15) is 43.4 Å². The van der Waals surface area contributed by atoms with E-state index in [9.17, 15) is 13.2 Å². The van der Waals surface area contributed by atoms with E-state index in [1.54, 1.807) is 24.3 Å². The Morgan fingerprint density at radius 3 is 2.57 bits per heavy atom. The molecule has 2 unspecified atom stereocenters. The first-order chi connectivity index (χ1) is 10.8. The van der Waals surface area contributed by atoms with E-state index < -0.39 is 16.1 Å². The maximum absolute atomic E-state index is 12.5. The lowest BCUT2D eigenvalue weighted by atomic mass is 10.0. The summed E-state index contributed by atoms with van der Waals surface area (Å²) in [6.07, 6.45) is 3.30. The van der Waals surface area contributed by atoms with E-state index in [1.165, 1.54) is 4.31 Å². The summed E-state index contributed by atoms with van der Waals surface area (Å²) >= 11 is 0. The van der Waals surface area contributed by atoms with Gasteiger partial charge in [-0.15, -0.1) is 0 Å². The van der Waals surface area contributed by atoms with E-state index in [0.29, 0.717) is 18.5 Å². The first kappa shape index (κ1) is 17.4. The summed E-state index contributed by atoms with van der Waals surface area (Å²) in [5, 5.41) is 11.7. The van der Waals surface area contributed by atoms with Gasteiger partial charge in [-0.3, -0.25) is 4.79 Å². The van der Waals surface area contributed by atoms with Crippen molar-refractivity contribution in [1.82, 2.24) is 9.62 Å². The van der Waals surface area contributed by atoms with Gasteiger partial charge in [-0.1, -0.05) is 18.6 Å². The molecule has 7 heteroatoms. The number of carbonyl (C=O) groups is 1. The molecule has 2 atom stereocenters. The van der Waals surface area contributed by atoms with E-state index >= 15 is 0 Å². The van der Waals surface area contributed by atoms with Crippen molar-refractivity contribution in [1.29, 1.82) is 5.26 Å². The molecule has 1 fully saturated rings. The number of hydrogen-bond acceptors (Lipinski definition) is 4. The summed E-state index contributed by atoms with van der Waals surface area (Å²) in [5.41, 5.74) is 1.43. The van der Waals surface area contributed by atoms with Gasteiger partial charge in [0.15, 0.2) is 0 Å². The van der Waals surface area contributed by atoms with Crippen molar-refractivity contribution < 1.29 is 13.2 Å². The second kappa shape index (κ2) is 7.11.